The lowest BCUT2D eigenvalue weighted by Crippen LogP contribution is -2.67. The van der Waals surface area contributed by atoms with E-state index in [0.717, 1.165) is 43.5 Å². The second-order valence-electron chi connectivity index (χ2n) is 17.2. The molecule has 5 saturated heterocycles. The summed E-state index contributed by atoms with van der Waals surface area (Å²) in [6, 6.07) is 1.60. The number of carbonyl (C=O) groups is 3. The minimum absolute atomic E-state index is 0.0737. The van der Waals surface area contributed by atoms with Crippen LogP contribution in [0.2, 0.25) is 0 Å². The molecule has 3 atom stereocenters. The number of carbonyl (C=O) groups excluding carboxylic acids is 3. The van der Waals surface area contributed by atoms with E-state index in [1.165, 1.54) is 23.4 Å². The highest BCUT2D eigenvalue weighted by Crippen LogP contribution is 2.60. The van der Waals surface area contributed by atoms with Gasteiger partial charge in [0.25, 0.3) is 0 Å². The summed E-state index contributed by atoms with van der Waals surface area (Å²) in [5, 5.41) is 6.06. The molecular weight excluding hydrogens is 755 g/mol. The number of hydrogen-bond donors (Lipinski definition) is 2. The average Bonchev–Trinajstić information content (AvgIpc) is 3.48. The van der Waals surface area contributed by atoms with Crippen LogP contribution in [0.4, 0.5) is 23.2 Å². The minimum Gasteiger partial charge on any atom is -0.378 e. The second kappa shape index (κ2) is 13.9. The number of benzene rings is 1. The van der Waals surface area contributed by atoms with Crippen LogP contribution >= 0.6 is 11.3 Å². The molecule has 2 saturated carbocycles. The second-order valence-corrected chi connectivity index (χ2v) is 18.2. The van der Waals surface area contributed by atoms with E-state index < -0.39 is 52.7 Å². The van der Waals surface area contributed by atoms with E-state index >= 15 is 0 Å². The van der Waals surface area contributed by atoms with Gasteiger partial charge in [0.15, 0.2) is 0 Å². The van der Waals surface area contributed by atoms with Gasteiger partial charge in [0.2, 0.25) is 17.7 Å². The van der Waals surface area contributed by atoms with Gasteiger partial charge in [-0.15, -0.1) is 11.3 Å². The Morgan fingerprint density at radius 2 is 1.80 bits per heavy atom. The van der Waals surface area contributed by atoms with E-state index in [4.69, 9.17) is 9.47 Å². The number of aromatic nitrogens is 3. The van der Waals surface area contributed by atoms with Crippen LogP contribution in [0, 0.1) is 28.0 Å². The van der Waals surface area contributed by atoms with Crippen molar-refractivity contribution < 1.29 is 41.4 Å². The highest BCUT2D eigenvalue weighted by Gasteiger charge is 2.71. The number of nitrogens with zero attached hydrogens (tertiary/aromatic N) is 5. The molecule has 2 N–H and O–H groups in total. The van der Waals surface area contributed by atoms with Crippen molar-refractivity contribution in [3.05, 3.63) is 40.9 Å². The van der Waals surface area contributed by atoms with Crippen molar-refractivity contribution in [1.82, 2.24) is 30.1 Å². The Bertz CT molecular complexity index is 1950. The molecule has 3 aromatic rings. The van der Waals surface area contributed by atoms with E-state index in [1.807, 2.05) is 10.3 Å². The van der Waals surface area contributed by atoms with Crippen molar-refractivity contribution >= 4 is 45.8 Å². The first kappa shape index (κ1) is 37.7. The van der Waals surface area contributed by atoms with Crippen LogP contribution in [0.25, 0.3) is 11.0 Å². The predicted octanol–water partition coefficient (Wildman–Crippen LogP) is 5.02. The highest BCUT2D eigenvalue weighted by atomic mass is 32.1. The fourth-order valence-electron chi connectivity index (χ4n) is 9.99. The topological polar surface area (TPSA) is 133 Å². The number of likely N-dealkylation sites (tertiary alicyclic amines) is 2. The Labute approximate surface area is 325 Å². The summed E-state index contributed by atoms with van der Waals surface area (Å²) in [5.41, 5.74) is -2.10. The van der Waals surface area contributed by atoms with Crippen molar-refractivity contribution in [2.45, 2.75) is 88.6 Å². The van der Waals surface area contributed by atoms with Crippen molar-refractivity contribution in [2.75, 3.05) is 57.4 Å². The molecule has 7 heterocycles. The first-order valence-corrected chi connectivity index (χ1v) is 20.6. The van der Waals surface area contributed by atoms with Crippen molar-refractivity contribution in [1.29, 1.82) is 0 Å². The molecule has 56 heavy (non-hydrogen) atoms. The maximum atomic E-state index is 14.9. The van der Waals surface area contributed by atoms with E-state index in [-0.39, 0.29) is 62.4 Å². The Hall–Kier alpha value is -3.83. The summed E-state index contributed by atoms with van der Waals surface area (Å²) in [6.07, 6.45) is 2.94. The minimum atomic E-state index is -4.67. The van der Waals surface area contributed by atoms with Gasteiger partial charge in [0.05, 0.1) is 53.9 Å². The number of piperidine rings is 1. The van der Waals surface area contributed by atoms with Gasteiger partial charge in [-0.3, -0.25) is 14.4 Å². The molecule has 1 spiro atoms. The Morgan fingerprint density at radius 3 is 2.45 bits per heavy atom. The molecule has 1 aromatic carbocycles. The molecule has 302 valence electrons. The third-order valence-corrected chi connectivity index (χ3v) is 14.6. The third-order valence-electron chi connectivity index (χ3n) is 13.7. The van der Waals surface area contributed by atoms with E-state index in [2.05, 4.69) is 20.3 Å². The number of thiazole rings is 1. The number of ether oxygens (including phenoxy) is 2. The zero-order chi connectivity index (χ0) is 39.0. The van der Waals surface area contributed by atoms with Crippen molar-refractivity contribution in [2.24, 2.45) is 22.2 Å². The molecule has 5 aliphatic heterocycles. The number of halogens is 4. The van der Waals surface area contributed by atoms with Gasteiger partial charge in [-0.2, -0.15) is 13.2 Å². The maximum absolute atomic E-state index is 14.9. The lowest BCUT2D eigenvalue weighted by molar-refractivity contribution is -0.205. The molecule has 10 rings (SSSR count). The molecule has 7 aliphatic rings. The summed E-state index contributed by atoms with van der Waals surface area (Å²) in [7, 11) is 0. The van der Waals surface area contributed by atoms with Crippen LogP contribution in [-0.4, -0.2) is 119 Å². The average molecular weight is 802 g/mol. The van der Waals surface area contributed by atoms with Crippen LogP contribution in [0.15, 0.2) is 30.0 Å². The lowest BCUT2D eigenvalue weighted by atomic mass is 9.70. The predicted molar refractivity (Wildman–Crippen MR) is 197 cm³/mol. The van der Waals surface area contributed by atoms with Crippen LogP contribution in [0.5, 0.6) is 0 Å². The van der Waals surface area contributed by atoms with Crippen molar-refractivity contribution in [3.63, 3.8) is 0 Å². The first-order chi connectivity index (χ1) is 26.8. The number of amides is 3. The van der Waals surface area contributed by atoms with Crippen molar-refractivity contribution in [3.8, 4) is 0 Å². The highest BCUT2D eigenvalue weighted by molar-refractivity contribution is 7.09. The molecule has 2 bridgehead atoms. The molecule has 2 aromatic heterocycles. The number of nitrogens with one attached hydrogen (secondary N) is 2. The van der Waals surface area contributed by atoms with Gasteiger partial charge in [0.1, 0.15) is 22.8 Å². The smallest absolute Gasteiger partial charge is 0.378 e. The van der Waals surface area contributed by atoms with Crippen LogP contribution in [0.3, 0.4) is 0 Å². The number of rotatable bonds is 10. The summed E-state index contributed by atoms with van der Waals surface area (Å²) in [6.45, 7) is 3.85. The molecule has 0 radical (unpaired) electrons. The Kier molecular flexibility index (Phi) is 9.38. The van der Waals surface area contributed by atoms with Gasteiger partial charge in [0, 0.05) is 67.6 Å². The zero-order valence-electron chi connectivity index (χ0n) is 31.3. The number of alkyl halides is 3. The molecule has 3 amide bonds. The summed E-state index contributed by atoms with van der Waals surface area (Å²) in [5.74, 6) is -2.81. The third kappa shape index (κ3) is 6.54. The van der Waals surface area contributed by atoms with Crippen LogP contribution in [0.1, 0.15) is 69.2 Å². The number of H-pyrrole nitrogens is 1. The fourth-order valence-corrected chi connectivity index (χ4v) is 10.8. The van der Waals surface area contributed by atoms with Gasteiger partial charge >= 0.3 is 6.18 Å². The van der Waals surface area contributed by atoms with Crippen LogP contribution in [-0.2, 0) is 23.9 Å². The SMILES string of the molecule is C[C@@H](OCC12CCC(CC1)OC2)[C@H](NC(=O)[C@@H]1CN(c2cc(F)cc3[nH]cnc23)CC12CN(C(=O)C1(C(F)(F)F)CC1)C2)C(=O)N1CCC(c2nccs2)CC1. The van der Waals surface area contributed by atoms with Gasteiger partial charge in [-0.1, -0.05) is 0 Å². The lowest BCUT2D eigenvalue weighted by Gasteiger charge is -2.51. The molecule has 2 aliphatic carbocycles. The normalized spacial score (nSPS) is 28.1. The number of aromatic amines is 1. The monoisotopic (exact) mass is 801 g/mol. The Balaban J connectivity index is 0.974. The number of fused-ring (bicyclic) bond motifs is 4. The number of anilines is 1. The largest absolute Gasteiger partial charge is 0.403 e. The van der Waals surface area contributed by atoms with Crippen LogP contribution < -0.4 is 10.2 Å². The summed E-state index contributed by atoms with van der Waals surface area (Å²) >= 11 is 1.60. The summed E-state index contributed by atoms with van der Waals surface area (Å²) < 4.78 is 69.5. The number of imidazole rings is 1. The molecule has 0 unspecified atom stereocenters. The van der Waals surface area contributed by atoms with E-state index in [0.29, 0.717) is 43.0 Å². The van der Waals surface area contributed by atoms with E-state index in [9.17, 15) is 31.9 Å². The quantitative estimate of drug-likeness (QED) is 0.274. The standard InChI is InChI=1S/C39H47F4N7O5S/c1-23(54-20-36-6-2-26(3-7-36)55-21-36)30(34(52)48-11-4-24(5-12-48)33-44-10-13-56-33)47-32(51)27-16-49(29-15-25(40)14-28-31(29)46-22-45-28)17-37(27)18-50(19-37)35(53)38(8-9-38)39(41,42)43/h10,13-15,22-24,26-27,30H,2-9,11-12,16-21H2,1H3,(H,45,46)(H,47,51)/t23-,26?,27+,30+,36?/m1/s1. The Morgan fingerprint density at radius 1 is 1.05 bits per heavy atom. The fraction of sp³-hybridized carbons (Fsp3) is 0.667. The van der Waals surface area contributed by atoms with Gasteiger partial charge in [-0.05, 0) is 70.4 Å². The maximum Gasteiger partial charge on any atom is 0.403 e. The molecule has 7 fully saturated rings. The molecule has 12 nitrogen and oxygen atoms in total. The van der Waals surface area contributed by atoms with Gasteiger partial charge < -0.3 is 34.5 Å². The molecular formula is C39H47F4N7O5S. The van der Waals surface area contributed by atoms with E-state index in [1.54, 1.807) is 29.4 Å². The number of hydrogen-bond acceptors (Lipinski definition) is 9. The molecule has 17 heteroatoms. The first-order valence-electron chi connectivity index (χ1n) is 19.7. The zero-order valence-corrected chi connectivity index (χ0v) is 32.1. The summed E-state index contributed by atoms with van der Waals surface area (Å²) in [4.78, 5) is 59.2. The van der Waals surface area contributed by atoms with Gasteiger partial charge in [-0.25, -0.2) is 14.4 Å².